The van der Waals surface area contributed by atoms with Crippen molar-refractivity contribution in [3.8, 4) is 0 Å². The largest absolute Gasteiger partial charge is 0.381 e. The SMILES string of the molecule is CCCCCCCC/C=C\CCCCCC(CC(=O)NC(C)(C)c1ccccn1)OC. The number of methoxy groups -OCH3 is 1. The van der Waals surface area contributed by atoms with Crippen molar-refractivity contribution in [2.24, 2.45) is 0 Å². The molecule has 1 aromatic heterocycles. The highest BCUT2D eigenvalue weighted by Crippen LogP contribution is 2.18. The fraction of sp³-hybridized carbons (Fsp3) is 0.704. The number of aromatic nitrogens is 1. The van der Waals surface area contributed by atoms with E-state index in [1.54, 1.807) is 13.3 Å². The lowest BCUT2D eigenvalue weighted by Gasteiger charge is -2.26. The van der Waals surface area contributed by atoms with Gasteiger partial charge in [-0.2, -0.15) is 0 Å². The lowest BCUT2D eigenvalue weighted by atomic mass is 9.99. The van der Waals surface area contributed by atoms with Crippen molar-refractivity contribution in [2.75, 3.05) is 7.11 Å². The minimum Gasteiger partial charge on any atom is -0.381 e. The summed E-state index contributed by atoms with van der Waals surface area (Å²) in [6.45, 7) is 6.23. The van der Waals surface area contributed by atoms with Crippen molar-refractivity contribution in [3.63, 3.8) is 0 Å². The predicted molar refractivity (Wildman–Crippen MR) is 131 cm³/mol. The predicted octanol–water partition coefficient (Wildman–Crippen LogP) is 7.10. The van der Waals surface area contributed by atoms with Crippen molar-refractivity contribution in [2.45, 2.75) is 116 Å². The van der Waals surface area contributed by atoms with Crippen LogP contribution in [0.15, 0.2) is 36.5 Å². The molecule has 1 atom stereocenters. The quantitative estimate of drug-likeness (QED) is 0.200. The van der Waals surface area contributed by atoms with Crippen molar-refractivity contribution in [3.05, 3.63) is 42.2 Å². The number of ether oxygens (including phenoxy) is 1. The van der Waals surface area contributed by atoms with Crippen molar-refractivity contribution in [1.29, 1.82) is 0 Å². The van der Waals surface area contributed by atoms with E-state index in [2.05, 4.69) is 29.4 Å². The Hall–Kier alpha value is -1.68. The number of hydrogen-bond acceptors (Lipinski definition) is 3. The Labute approximate surface area is 191 Å². The molecule has 0 fully saturated rings. The highest BCUT2D eigenvalue weighted by molar-refractivity contribution is 5.77. The smallest absolute Gasteiger partial charge is 0.223 e. The normalized spacial score (nSPS) is 12.9. The number of rotatable bonds is 18. The van der Waals surface area contributed by atoms with E-state index in [-0.39, 0.29) is 12.0 Å². The molecular weight excluding hydrogens is 384 g/mol. The van der Waals surface area contributed by atoms with Gasteiger partial charge in [-0.05, 0) is 58.1 Å². The Kier molecular flexibility index (Phi) is 15.0. The van der Waals surface area contributed by atoms with E-state index < -0.39 is 5.54 Å². The van der Waals surface area contributed by atoms with Crippen LogP contribution in [-0.4, -0.2) is 24.1 Å². The second-order valence-corrected chi connectivity index (χ2v) is 9.12. The Morgan fingerprint density at radius 3 is 2.29 bits per heavy atom. The van der Waals surface area contributed by atoms with E-state index in [0.29, 0.717) is 6.42 Å². The summed E-state index contributed by atoms with van der Waals surface area (Å²) in [7, 11) is 1.70. The summed E-state index contributed by atoms with van der Waals surface area (Å²) in [5, 5.41) is 3.10. The van der Waals surface area contributed by atoms with Crippen LogP contribution in [0.1, 0.15) is 110 Å². The van der Waals surface area contributed by atoms with E-state index >= 15 is 0 Å². The summed E-state index contributed by atoms with van der Waals surface area (Å²) in [6.07, 6.45) is 21.8. The van der Waals surface area contributed by atoms with Gasteiger partial charge in [-0.3, -0.25) is 9.78 Å². The van der Waals surface area contributed by atoms with Gasteiger partial charge in [-0.15, -0.1) is 0 Å². The zero-order valence-electron chi connectivity index (χ0n) is 20.5. The fourth-order valence-corrected chi connectivity index (χ4v) is 3.80. The van der Waals surface area contributed by atoms with Gasteiger partial charge >= 0.3 is 0 Å². The van der Waals surface area contributed by atoms with Gasteiger partial charge in [0.15, 0.2) is 0 Å². The van der Waals surface area contributed by atoms with Crippen LogP contribution in [0, 0.1) is 0 Å². The number of hydrogen-bond donors (Lipinski definition) is 1. The first-order chi connectivity index (χ1) is 15.0. The van der Waals surface area contributed by atoms with Crippen molar-refractivity contribution < 1.29 is 9.53 Å². The highest BCUT2D eigenvalue weighted by atomic mass is 16.5. The number of allylic oxidation sites excluding steroid dienone is 2. The number of pyridine rings is 1. The topological polar surface area (TPSA) is 51.2 Å². The molecule has 0 aromatic carbocycles. The van der Waals surface area contributed by atoms with Gasteiger partial charge in [0.1, 0.15) is 0 Å². The van der Waals surface area contributed by atoms with E-state index in [1.807, 2.05) is 32.0 Å². The molecular formula is C27H46N2O2. The van der Waals surface area contributed by atoms with Gasteiger partial charge in [-0.25, -0.2) is 0 Å². The fourth-order valence-electron chi connectivity index (χ4n) is 3.80. The molecule has 0 aliphatic rings. The molecule has 0 aliphatic carbocycles. The standard InChI is InChI=1S/C27H46N2O2/c1-5-6-7-8-9-10-11-12-13-14-15-16-17-20-24(31-4)23-26(30)29-27(2,3)25-21-18-19-22-28-25/h12-13,18-19,21-22,24H,5-11,14-17,20,23H2,1-4H3,(H,29,30)/b13-12-. The van der Waals surface area contributed by atoms with E-state index in [1.165, 1.54) is 57.8 Å². The lowest BCUT2D eigenvalue weighted by Crippen LogP contribution is -2.42. The minimum absolute atomic E-state index is 0.0140. The van der Waals surface area contributed by atoms with E-state index in [9.17, 15) is 4.79 Å². The molecule has 1 aromatic rings. The zero-order valence-corrected chi connectivity index (χ0v) is 20.5. The number of amides is 1. The molecule has 4 nitrogen and oxygen atoms in total. The molecule has 1 heterocycles. The molecule has 0 spiro atoms. The van der Waals surface area contributed by atoms with Crippen LogP contribution in [0.3, 0.4) is 0 Å². The number of unbranched alkanes of at least 4 members (excludes halogenated alkanes) is 9. The Morgan fingerprint density at radius 1 is 1.03 bits per heavy atom. The first-order valence-electron chi connectivity index (χ1n) is 12.4. The maximum Gasteiger partial charge on any atom is 0.223 e. The molecule has 1 unspecified atom stereocenters. The first kappa shape index (κ1) is 27.4. The molecule has 0 saturated heterocycles. The van der Waals surface area contributed by atoms with Crippen LogP contribution in [0.5, 0.6) is 0 Å². The van der Waals surface area contributed by atoms with E-state index in [4.69, 9.17) is 4.74 Å². The maximum absolute atomic E-state index is 12.5. The number of carbonyl (C=O) groups excluding carboxylic acids is 1. The minimum atomic E-state index is -0.488. The summed E-state index contributed by atoms with van der Waals surface area (Å²) >= 11 is 0. The van der Waals surface area contributed by atoms with Gasteiger partial charge in [-0.1, -0.05) is 70.1 Å². The van der Waals surface area contributed by atoms with Crippen LogP contribution in [0.2, 0.25) is 0 Å². The number of nitrogens with zero attached hydrogens (tertiary/aromatic N) is 1. The molecule has 1 rings (SSSR count). The first-order valence-corrected chi connectivity index (χ1v) is 12.4. The van der Waals surface area contributed by atoms with Crippen LogP contribution >= 0.6 is 0 Å². The Balaban J connectivity index is 2.12. The van der Waals surface area contributed by atoms with Gasteiger partial charge in [0.2, 0.25) is 5.91 Å². The summed E-state index contributed by atoms with van der Waals surface area (Å²) in [4.78, 5) is 16.9. The molecule has 176 valence electrons. The average molecular weight is 431 g/mol. The molecule has 0 aliphatic heterocycles. The number of carbonyl (C=O) groups is 1. The molecule has 0 bridgehead atoms. The second kappa shape index (κ2) is 16.9. The van der Waals surface area contributed by atoms with Crippen LogP contribution in [0.25, 0.3) is 0 Å². The highest BCUT2D eigenvalue weighted by Gasteiger charge is 2.25. The average Bonchev–Trinajstić information content (AvgIpc) is 2.76. The molecule has 4 heteroatoms. The summed E-state index contributed by atoms with van der Waals surface area (Å²) in [5.74, 6) is 0.0140. The second-order valence-electron chi connectivity index (χ2n) is 9.12. The number of nitrogens with one attached hydrogen (secondary N) is 1. The Bertz CT molecular complexity index is 599. The van der Waals surface area contributed by atoms with Gasteiger partial charge in [0.25, 0.3) is 0 Å². The van der Waals surface area contributed by atoms with E-state index in [0.717, 1.165) is 25.0 Å². The van der Waals surface area contributed by atoms with Gasteiger partial charge in [0, 0.05) is 13.3 Å². The third kappa shape index (κ3) is 13.4. The van der Waals surface area contributed by atoms with Gasteiger partial charge < -0.3 is 10.1 Å². The molecule has 1 amide bonds. The summed E-state index contributed by atoms with van der Waals surface area (Å²) in [5.41, 5.74) is 0.375. The van der Waals surface area contributed by atoms with Crippen LogP contribution in [0.4, 0.5) is 0 Å². The third-order valence-corrected chi connectivity index (χ3v) is 5.79. The lowest BCUT2D eigenvalue weighted by molar-refractivity contribution is -0.125. The molecule has 0 saturated carbocycles. The van der Waals surface area contributed by atoms with Crippen LogP contribution < -0.4 is 5.32 Å². The van der Waals surface area contributed by atoms with Crippen LogP contribution in [-0.2, 0) is 15.1 Å². The summed E-state index contributed by atoms with van der Waals surface area (Å²) in [6, 6.07) is 5.77. The maximum atomic E-state index is 12.5. The summed E-state index contributed by atoms with van der Waals surface area (Å²) < 4.78 is 5.56. The third-order valence-electron chi connectivity index (χ3n) is 5.79. The Morgan fingerprint density at radius 2 is 1.68 bits per heavy atom. The van der Waals surface area contributed by atoms with Crippen molar-refractivity contribution >= 4 is 5.91 Å². The molecule has 31 heavy (non-hydrogen) atoms. The monoisotopic (exact) mass is 430 g/mol. The zero-order chi connectivity index (χ0) is 22.8. The van der Waals surface area contributed by atoms with Crippen molar-refractivity contribution in [1.82, 2.24) is 10.3 Å². The molecule has 0 radical (unpaired) electrons. The molecule has 1 N–H and O–H groups in total. The van der Waals surface area contributed by atoms with Gasteiger partial charge in [0.05, 0.1) is 23.8 Å².